The van der Waals surface area contributed by atoms with E-state index in [1.807, 2.05) is 80.5 Å². The van der Waals surface area contributed by atoms with Crippen molar-refractivity contribution in [1.82, 2.24) is 34.4 Å². The number of aryl methyl sites for hydroxylation is 2. The molecule has 109 heavy (non-hydrogen) atoms. The van der Waals surface area contributed by atoms with E-state index < -0.39 is 168 Å². The summed E-state index contributed by atoms with van der Waals surface area (Å²) in [6, 6.07) is 2.65. The van der Waals surface area contributed by atoms with E-state index in [4.69, 9.17) is 79.0 Å². The molecule has 7 aliphatic rings. The number of benzene rings is 1. The first kappa shape index (κ1) is 84.8. The summed E-state index contributed by atoms with van der Waals surface area (Å²) in [7, 11) is -5.32. The number of anilines is 1. The van der Waals surface area contributed by atoms with E-state index >= 15 is 0 Å². The molecule has 19 atom stereocenters. The number of aliphatic hydroxyl groups is 4. The van der Waals surface area contributed by atoms with E-state index in [-0.39, 0.29) is 99.8 Å². The van der Waals surface area contributed by atoms with Gasteiger partial charge < -0.3 is 106 Å². The number of rotatable bonds is 27. The third-order valence-corrected chi connectivity index (χ3v) is 24.6. The van der Waals surface area contributed by atoms with Crippen LogP contribution in [0.2, 0.25) is 0 Å². The van der Waals surface area contributed by atoms with Gasteiger partial charge in [0.2, 0.25) is 41.4 Å². The quantitative estimate of drug-likeness (QED) is 0.0301. The van der Waals surface area contributed by atoms with Gasteiger partial charge in [-0.1, -0.05) is 40.7 Å². The number of phosphoric acid groups is 1. The normalized spacial score (nSPS) is 33.1. The Morgan fingerprint density at radius 2 is 1.34 bits per heavy atom. The molecule has 0 spiro atoms. The summed E-state index contributed by atoms with van der Waals surface area (Å²) in [5, 5.41) is 49.6. The van der Waals surface area contributed by atoms with Crippen LogP contribution in [0.5, 0.6) is 0 Å². The number of hydrogen-bond acceptors (Lipinski definition) is 25. The molecule has 0 radical (unpaired) electrons. The third kappa shape index (κ3) is 16.3. The Kier molecular flexibility index (Phi) is 25.0. The van der Waals surface area contributed by atoms with Gasteiger partial charge in [-0.15, -0.1) is 0 Å². The molecule has 11 rings (SSSR count). The maximum atomic E-state index is 14.4. The topological polar surface area (TPSA) is 584 Å². The van der Waals surface area contributed by atoms with Gasteiger partial charge in [-0.05, 0) is 125 Å². The monoisotopic (exact) mass is 1580 g/mol. The molecule has 7 aliphatic heterocycles. The van der Waals surface area contributed by atoms with Gasteiger partial charge in [-0.3, -0.25) is 57.7 Å². The number of ether oxygens (including phenoxy) is 2. The fourth-order valence-corrected chi connectivity index (χ4v) is 18.5. The molecule has 1 unspecified atom stereocenters. The molecule has 37 heteroatoms. The molecule has 3 fully saturated rings. The summed E-state index contributed by atoms with van der Waals surface area (Å²) in [5.41, 5.74) is 43.2. The van der Waals surface area contributed by atoms with Gasteiger partial charge in [0.15, 0.2) is 23.9 Å². The zero-order valence-corrected chi connectivity index (χ0v) is 64.8. The molecular formula is C72H100CoN18O17P. The van der Waals surface area contributed by atoms with Gasteiger partial charge in [0, 0.05) is 108 Å². The number of carbonyl (C=O) groups excluding carboxylic acids is 7. The third-order valence-electron chi connectivity index (χ3n) is 23.5. The van der Waals surface area contributed by atoms with Gasteiger partial charge in [0.05, 0.1) is 53.7 Å². The van der Waals surface area contributed by atoms with Gasteiger partial charge in [-0.25, -0.2) is 19.9 Å². The number of primary amides is 6. The molecule has 1 aromatic carbocycles. The molecule has 35 nitrogen and oxygen atoms in total. The summed E-state index contributed by atoms with van der Waals surface area (Å²) in [6.45, 7) is 22.6. The molecule has 19 N–H and O–H groups in total. The molecule has 10 heterocycles. The van der Waals surface area contributed by atoms with Crippen LogP contribution in [0.4, 0.5) is 5.82 Å². The second kappa shape index (κ2) is 32.2. The van der Waals surface area contributed by atoms with Crippen LogP contribution >= 0.6 is 7.82 Å². The van der Waals surface area contributed by atoms with E-state index in [2.05, 4.69) is 32.2 Å². The minimum Gasteiger partial charge on any atom is -0.756 e. The number of phosphoric ester groups is 1. The smallest absolute Gasteiger partial charge is 0.756 e. The van der Waals surface area contributed by atoms with E-state index in [0.29, 0.717) is 67.6 Å². The first-order chi connectivity index (χ1) is 50.4. The number of fused-ring (bicyclic) bond motifs is 8. The zero-order chi connectivity index (χ0) is 79.6. The van der Waals surface area contributed by atoms with E-state index in [1.165, 1.54) is 35.0 Å². The molecule has 0 saturated carbocycles. The van der Waals surface area contributed by atoms with Crippen molar-refractivity contribution in [2.24, 2.45) is 94.7 Å². The number of nitrogens with zero attached hydrogens (tertiary/aromatic N) is 10. The Hall–Kier alpha value is -8.26. The predicted octanol–water partition coefficient (Wildman–Crippen LogP) is 2.17. The summed E-state index contributed by atoms with van der Waals surface area (Å²) in [4.78, 5) is 140. The standard InChI is InChI=1S/C62H90N13O14P.C10H12N5O3.Co/c1-29-20-39-40(21-30(29)2)75(28-70-39)57-52(84)53(41(27-76)87-57)89-90(85,86)88-31(3)26-69-49(83)18-19-59(8)37(22-46(66)80)56-62(11)61(10,25-48(68)82)36(14-17-45(65)79)51(74-62)33(5)55-60(9,24-47(67)81)34(12-15-43(63)77)38(71-55)23-42-58(6,7)35(13-16-44(64)78)50(72-42)32(4)54(59)73-56;1-4-6(16)7(17)10(18-4)15-3-14-5-8(11)12-2-13-9(5)15;/h20-21,23,28,31,34-37,41,52-53,56-57,76,84H,12-19,22,24-27H2,1-11H3,(H15,63,64,65,66,67,68,69,71,72,73,74,77,78,79,80,81,82,83,85,86);2-4,6-7,10,16-17H,1H2,(H2,11,12,13);/q;-1;+3/p-2/t31-,34-,35-,36-,37+,41-,52-,53+,56-,57+,59-,60+,61+,62+;4-,6-,7-,10-;/m11./s1. The van der Waals surface area contributed by atoms with Crippen LogP contribution in [-0.4, -0.2) is 175 Å². The van der Waals surface area contributed by atoms with Gasteiger partial charge in [0.1, 0.15) is 36.3 Å². The number of nitrogens with one attached hydrogen (secondary N) is 1. The number of nitrogens with two attached hydrogens (primary N) is 7. The van der Waals surface area contributed by atoms with Crippen molar-refractivity contribution in [1.29, 1.82) is 0 Å². The Bertz CT molecular complexity index is 4520. The second-order valence-electron chi connectivity index (χ2n) is 31.1. The Morgan fingerprint density at radius 1 is 0.734 bits per heavy atom. The number of carbonyl (C=O) groups is 7. The van der Waals surface area contributed by atoms with E-state index in [1.54, 1.807) is 6.92 Å². The minimum absolute atomic E-state index is 0. The Balaban J connectivity index is 0.000000623. The summed E-state index contributed by atoms with van der Waals surface area (Å²) in [6.07, 6.45) is -5.69. The van der Waals surface area contributed by atoms with Crippen LogP contribution in [0.25, 0.3) is 27.5 Å². The number of allylic oxidation sites excluding steroid dienone is 6. The second-order valence-corrected chi connectivity index (χ2v) is 32.4. The summed E-state index contributed by atoms with van der Waals surface area (Å²) >= 11 is 0. The number of aliphatic imine (C=N–C) groups is 3. The van der Waals surface area contributed by atoms with Gasteiger partial charge in [0.25, 0.3) is 7.82 Å². The summed E-state index contributed by atoms with van der Waals surface area (Å²) < 4.78 is 38.8. The largest absolute Gasteiger partial charge is 3.00 e. The van der Waals surface area contributed by atoms with E-state index in [9.17, 15) is 63.4 Å². The number of hydrogen-bond donors (Lipinski definition) is 12. The van der Waals surface area contributed by atoms with Gasteiger partial charge >= 0.3 is 16.8 Å². The molecule has 594 valence electrons. The number of aliphatic hydroxyl groups excluding tert-OH is 4. The number of aromatic nitrogens is 6. The van der Waals surface area contributed by atoms with Crippen LogP contribution in [0.1, 0.15) is 157 Å². The number of imidazole rings is 2. The van der Waals surface area contributed by atoms with Crippen molar-refractivity contribution in [2.45, 2.75) is 214 Å². The van der Waals surface area contributed by atoms with E-state index in [0.717, 1.165) is 11.1 Å². The first-order valence-electron chi connectivity index (χ1n) is 35.9. The Morgan fingerprint density at radius 3 is 1.94 bits per heavy atom. The van der Waals surface area contributed by atoms with Crippen molar-refractivity contribution in [3.8, 4) is 0 Å². The SMILES string of the molecule is C/C1=C2/[N-][C@H]([C@H](CC(N)=O)[C@@]2(C)CCC(=O)NC[C@@H](C)OP(=O)([O-])O[C@@H]2[C@@H](O)[C@@H](n3cnc4cc(C)c(C)cc43)O[C@@H]2CO)[C@]2(C)N=C(/C(C)=C3\N=C(C=C4N=C1[C@@H](CCC(N)=O)C4(C)C)[C@@H](CCC(N)=O)[C@]3(C)CC(N)=O)[C@@H](CCC(N)=O)[C@]2(C)CC(N)=O.[CH2-][C@H]1O[C@@H](n2cnc3c(N)ncnc32)[C@H](O)[C@@H]1O.[Co+3]. The van der Waals surface area contributed by atoms with Crippen LogP contribution < -0.4 is 50.3 Å². The van der Waals surface area contributed by atoms with Crippen LogP contribution in [-0.2, 0) is 73.4 Å². The van der Waals surface area contributed by atoms with Crippen molar-refractivity contribution >= 4 is 94.3 Å². The average molecular weight is 1580 g/mol. The fraction of sp³-hybridized carbons (Fsp3) is 0.597. The van der Waals surface area contributed by atoms with Crippen molar-refractivity contribution in [3.63, 3.8) is 0 Å². The minimum atomic E-state index is -5.32. The molecule has 0 aliphatic carbocycles. The zero-order valence-electron chi connectivity index (χ0n) is 62.8. The molecular weight excluding hydrogens is 1480 g/mol. The van der Waals surface area contributed by atoms with Crippen molar-refractivity contribution in [3.05, 3.63) is 88.8 Å². The fourth-order valence-electron chi connectivity index (χ4n) is 17.3. The summed E-state index contributed by atoms with van der Waals surface area (Å²) in [5.74, 6) is -7.16. The number of amides is 7. The number of nitrogen functional groups attached to an aromatic ring is 1. The Labute approximate surface area is 640 Å². The van der Waals surface area contributed by atoms with Crippen LogP contribution in [0, 0.1) is 66.1 Å². The van der Waals surface area contributed by atoms with Gasteiger partial charge in [-0.2, -0.15) is 5.70 Å². The van der Waals surface area contributed by atoms with Crippen molar-refractivity contribution in [2.75, 3.05) is 18.9 Å². The predicted molar refractivity (Wildman–Crippen MR) is 393 cm³/mol. The maximum absolute atomic E-state index is 14.4. The molecule has 3 saturated heterocycles. The van der Waals surface area contributed by atoms with Crippen LogP contribution in [0.15, 0.2) is 80.4 Å². The van der Waals surface area contributed by atoms with Crippen molar-refractivity contribution < 1.29 is 98.7 Å². The average Bonchev–Trinajstić information content (AvgIpc) is 1.53. The molecule has 3 aromatic heterocycles. The molecule has 8 bridgehead atoms. The van der Waals surface area contributed by atoms with Crippen LogP contribution in [0.3, 0.4) is 0 Å². The maximum Gasteiger partial charge on any atom is 3.00 e. The first-order valence-corrected chi connectivity index (χ1v) is 37.3. The molecule has 4 aromatic rings. The molecule has 7 amide bonds.